The number of alkyl halides is 3. The van der Waals surface area contributed by atoms with Crippen LogP contribution in [0.4, 0.5) is 18.9 Å². The summed E-state index contributed by atoms with van der Waals surface area (Å²) in [5, 5.41) is 8.21. The molecule has 34 heavy (non-hydrogen) atoms. The van der Waals surface area contributed by atoms with E-state index in [4.69, 9.17) is 9.84 Å². The number of amides is 1. The Morgan fingerprint density at radius 1 is 1.18 bits per heavy atom. The van der Waals surface area contributed by atoms with Crippen molar-refractivity contribution in [3.8, 4) is 0 Å². The first kappa shape index (κ1) is 23.7. The number of benzene rings is 1. The molecule has 1 amide bonds. The van der Waals surface area contributed by atoms with Gasteiger partial charge in [-0.1, -0.05) is 13.0 Å². The number of methoxy groups -OCH3 is 1. The Kier molecular flexibility index (Phi) is 6.58. The fourth-order valence-corrected chi connectivity index (χ4v) is 4.38. The number of ether oxygens (including phenoxy) is 1. The lowest BCUT2D eigenvalue weighted by molar-refractivity contribution is -0.146. The lowest BCUT2D eigenvalue weighted by Gasteiger charge is -2.26. The van der Waals surface area contributed by atoms with Crippen LogP contribution in [0.2, 0.25) is 0 Å². The highest BCUT2D eigenvalue weighted by molar-refractivity contribution is 6.04. The van der Waals surface area contributed by atoms with Gasteiger partial charge in [0, 0.05) is 17.3 Å². The summed E-state index contributed by atoms with van der Waals surface area (Å²) >= 11 is 0. The van der Waals surface area contributed by atoms with E-state index in [1.807, 2.05) is 23.9 Å². The number of hydrogen-bond acceptors (Lipinski definition) is 5. The third kappa shape index (κ3) is 4.90. The highest BCUT2D eigenvalue weighted by atomic mass is 19.4. The molecule has 3 aromatic rings. The van der Waals surface area contributed by atoms with Crippen LogP contribution >= 0.6 is 0 Å². The zero-order chi connectivity index (χ0) is 24.5. The molecule has 0 atom stereocenters. The predicted octanol–water partition coefficient (Wildman–Crippen LogP) is 5.17. The Labute approximate surface area is 194 Å². The fraction of sp³-hybridized carbons (Fsp3) is 0.417. The van der Waals surface area contributed by atoms with Gasteiger partial charge in [0.25, 0.3) is 5.91 Å². The minimum absolute atomic E-state index is 0.0794. The third-order valence-electron chi connectivity index (χ3n) is 6.25. The van der Waals surface area contributed by atoms with Gasteiger partial charge in [-0.3, -0.25) is 14.3 Å². The molecule has 1 aliphatic carbocycles. The minimum atomic E-state index is -4.63. The Morgan fingerprint density at radius 3 is 2.56 bits per heavy atom. The van der Waals surface area contributed by atoms with Gasteiger partial charge in [0.15, 0.2) is 0 Å². The lowest BCUT2D eigenvalue weighted by Crippen LogP contribution is -2.24. The summed E-state index contributed by atoms with van der Waals surface area (Å²) in [6.45, 7) is 1.92. The molecule has 7 nitrogen and oxygen atoms in total. The predicted molar refractivity (Wildman–Crippen MR) is 119 cm³/mol. The molecule has 2 heterocycles. The summed E-state index contributed by atoms with van der Waals surface area (Å²) in [6.07, 6.45) is 0.944. The molecule has 0 unspecified atom stereocenters. The lowest BCUT2D eigenvalue weighted by atomic mass is 9.86. The Bertz CT molecular complexity index is 1210. The standard InChI is InChI=1S/C24H25F3N4O3/c1-3-14-11-20-16(13-31(30-20)17-9-7-15(8-10-17)23(33)34-2)12-19(14)29-22(32)18-5-4-6-21(28-18)24(25,26)27/h4-6,11-13,15,17H,3,7-10H2,1-2H3,(H,29,32). The van der Waals surface area contributed by atoms with Crippen LogP contribution in [0.15, 0.2) is 36.5 Å². The Morgan fingerprint density at radius 2 is 1.91 bits per heavy atom. The molecule has 0 radical (unpaired) electrons. The van der Waals surface area contributed by atoms with E-state index >= 15 is 0 Å². The van der Waals surface area contributed by atoms with Crippen molar-refractivity contribution in [3.05, 3.63) is 53.5 Å². The number of rotatable bonds is 5. The molecule has 0 spiro atoms. The largest absolute Gasteiger partial charge is 0.469 e. The Balaban J connectivity index is 1.55. The fourth-order valence-electron chi connectivity index (χ4n) is 4.38. The number of anilines is 1. The van der Waals surface area contributed by atoms with Crippen LogP contribution < -0.4 is 5.32 Å². The number of nitrogens with one attached hydrogen (secondary N) is 1. The van der Waals surface area contributed by atoms with Gasteiger partial charge in [-0.15, -0.1) is 0 Å². The molecule has 1 fully saturated rings. The molecule has 1 saturated carbocycles. The van der Waals surface area contributed by atoms with E-state index in [9.17, 15) is 22.8 Å². The van der Waals surface area contributed by atoms with Crippen molar-refractivity contribution in [2.75, 3.05) is 12.4 Å². The van der Waals surface area contributed by atoms with Crippen molar-refractivity contribution in [1.82, 2.24) is 14.8 Å². The minimum Gasteiger partial charge on any atom is -0.469 e. The van der Waals surface area contributed by atoms with E-state index in [0.717, 1.165) is 54.3 Å². The summed E-state index contributed by atoms with van der Waals surface area (Å²) in [7, 11) is 1.40. The SMILES string of the molecule is CCc1cc2nn(C3CCC(C(=O)OC)CC3)cc2cc1NC(=O)c1cccc(C(F)(F)F)n1. The number of fused-ring (bicyclic) bond motifs is 1. The Hall–Kier alpha value is -3.43. The first-order valence-electron chi connectivity index (χ1n) is 11.1. The van der Waals surface area contributed by atoms with Gasteiger partial charge in [0.05, 0.1) is 24.6 Å². The topological polar surface area (TPSA) is 86.1 Å². The van der Waals surface area contributed by atoms with E-state index < -0.39 is 17.8 Å². The summed E-state index contributed by atoms with van der Waals surface area (Å²) < 4.78 is 45.6. The van der Waals surface area contributed by atoms with Crippen LogP contribution in [0.25, 0.3) is 10.9 Å². The maximum atomic E-state index is 13.0. The van der Waals surface area contributed by atoms with Gasteiger partial charge in [0.2, 0.25) is 0 Å². The molecular formula is C24H25F3N4O3. The normalized spacial score (nSPS) is 18.6. The molecule has 180 valence electrons. The van der Waals surface area contributed by atoms with Crippen LogP contribution in [0, 0.1) is 5.92 Å². The molecule has 1 aliphatic rings. The quantitative estimate of drug-likeness (QED) is 0.516. The monoisotopic (exact) mass is 474 g/mol. The number of esters is 1. The third-order valence-corrected chi connectivity index (χ3v) is 6.25. The smallest absolute Gasteiger partial charge is 0.433 e. The van der Waals surface area contributed by atoms with Crippen molar-refractivity contribution in [2.24, 2.45) is 5.92 Å². The van der Waals surface area contributed by atoms with Gasteiger partial charge < -0.3 is 10.1 Å². The first-order valence-corrected chi connectivity index (χ1v) is 11.1. The van der Waals surface area contributed by atoms with Gasteiger partial charge in [0.1, 0.15) is 11.4 Å². The second-order valence-corrected chi connectivity index (χ2v) is 8.42. The van der Waals surface area contributed by atoms with Gasteiger partial charge in [-0.25, -0.2) is 4.98 Å². The van der Waals surface area contributed by atoms with Crippen LogP contribution in [0.3, 0.4) is 0 Å². The molecule has 4 rings (SSSR count). The van der Waals surface area contributed by atoms with Crippen molar-refractivity contribution in [3.63, 3.8) is 0 Å². The van der Waals surface area contributed by atoms with Gasteiger partial charge >= 0.3 is 12.1 Å². The number of aryl methyl sites for hydroxylation is 1. The van der Waals surface area contributed by atoms with E-state index in [1.54, 1.807) is 6.07 Å². The van der Waals surface area contributed by atoms with Crippen molar-refractivity contribution in [1.29, 1.82) is 0 Å². The molecule has 10 heteroatoms. The molecule has 0 aliphatic heterocycles. The van der Waals surface area contributed by atoms with Crippen molar-refractivity contribution < 1.29 is 27.5 Å². The first-order chi connectivity index (χ1) is 16.2. The number of carbonyl (C=O) groups is 2. The number of carbonyl (C=O) groups excluding carboxylic acids is 2. The van der Waals surface area contributed by atoms with E-state index in [0.29, 0.717) is 12.1 Å². The molecular weight excluding hydrogens is 449 g/mol. The molecule has 1 N–H and O–H groups in total. The maximum Gasteiger partial charge on any atom is 0.433 e. The number of hydrogen-bond donors (Lipinski definition) is 1. The number of pyridine rings is 1. The zero-order valence-electron chi connectivity index (χ0n) is 18.9. The average molecular weight is 474 g/mol. The van der Waals surface area contributed by atoms with Crippen molar-refractivity contribution >= 4 is 28.5 Å². The highest BCUT2D eigenvalue weighted by Crippen LogP contribution is 2.34. The molecule has 2 aromatic heterocycles. The van der Waals surface area contributed by atoms with Gasteiger partial charge in [-0.2, -0.15) is 18.3 Å². The molecule has 1 aromatic carbocycles. The van der Waals surface area contributed by atoms with Crippen molar-refractivity contribution in [2.45, 2.75) is 51.2 Å². The van der Waals surface area contributed by atoms with E-state index in [-0.39, 0.29) is 23.6 Å². The van der Waals surface area contributed by atoms with Crippen LogP contribution in [-0.2, 0) is 22.1 Å². The second-order valence-electron chi connectivity index (χ2n) is 8.42. The van der Waals surface area contributed by atoms with Crippen LogP contribution in [-0.4, -0.2) is 33.8 Å². The summed E-state index contributed by atoms with van der Waals surface area (Å²) in [4.78, 5) is 27.9. The van der Waals surface area contributed by atoms with Crippen LogP contribution in [0.5, 0.6) is 0 Å². The summed E-state index contributed by atoms with van der Waals surface area (Å²) in [6, 6.07) is 7.05. The number of nitrogens with zero attached hydrogens (tertiary/aromatic N) is 3. The second kappa shape index (κ2) is 9.44. The van der Waals surface area contributed by atoms with E-state index in [2.05, 4.69) is 10.3 Å². The number of halogens is 3. The molecule has 0 saturated heterocycles. The number of aromatic nitrogens is 3. The molecule has 0 bridgehead atoms. The summed E-state index contributed by atoms with van der Waals surface area (Å²) in [5.41, 5.74) is 0.660. The highest BCUT2D eigenvalue weighted by Gasteiger charge is 2.33. The zero-order valence-corrected chi connectivity index (χ0v) is 18.9. The van der Waals surface area contributed by atoms with Gasteiger partial charge in [-0.05, 0) is 61.9 Å². The maximum absolute atomic E-state index is 13.0. The summed E-state index contributed by atoms with van der Waals surface area (Å²) in [5.74, 6) is -0.967. The van der Waals surface area contributed by atoms with E-state index in [1.165, 1.54) is 13.2 Å². The average Bonchev–Trinajstić information content (AvgIpc) is 3.25. The van der Waals surface area contributed by atoms with Crippen LogP contribution in [0.1, 0.15) is 60.4 Å².